The Morgan fingerprint density at radius 3 is 2.76 bits per heavy atom. The quantitative estimate of drug-likeness (QED) is 0.696. The molecular weight excluding hydrogens is 331 g/mol. The summed E-state index contributed by atoms with van der Waals surface area (Å²) in [5.74, 6) is -0.245. The highest BCUT2D eigenvalue weighted by atomic mass is 79.9. The summed E-state index contributed by atoms with van der Waals surface area (Å²) in [6.07, 6.45) is 1.82. The van der Waals surface area contributed by atoms with Crippen molar-refractivity contribution in [2.24, 2.45) is 0 Å². The molecule has 21 heavy (non-hydrogen) atoms. The Kier molecular flexibility index (Phi) is 3.88. The third-order valence-corrected chi connectivity index (χ3v) is 4.09. The Morgan fingerprint density at radius 1 is 1.14 bits per heavy atom. The van der Waals surface area contributed by atoms with E-state index in [4.69, 9.17) is 0 Å². The number of pyridine rings is 1. The number of nitrogens with zero attached hydrogens (tertiary/aromatic N) is 1. The maximum absolute atomic E-state index is 13.2. The van der Waals surface area contributed by atoms with E-state index < -0.39 is 0 Å². The average Bonchev–Trinajstić information content (AvgIpc) is 2.47. The molecular formula is C17H14BrFN2. The highest BCUT2D eigenvalue weighted by Crippen LogP contribution is 2.27. The highest BCUT2D eigenvalue weighted by molar-refractivity contribution is 9.10. The SMILES string of the molecule is CC(Nc1cnc2ccccc2c1)c1ccc(F)cc1Br. The molecule has 1 N–H and O–H groups in total. The van der Waals surface area contributed by atoms with Crippen LogP contribution in [0.2, 0.25) is 0 Å². The van der Waals surface area contributed by atoms with E-state index in [1.165, 1.54) is 12.1 Å². The summed E-state index contributed by atoms with van der Waals surface area (Å²) >= 11 is 3.41. The van der Waals surface area contributed by atoms with Gasteiger partial charge in [0, 0.05) is 15.9 Å². The topological polar surface area (TPSA) is 24.9 Å². The van der Waals surface area contributed by atoms with Gasteiger partial charge >= 0.3 is 0 Å². The Hall–Kier alpha value is -1.94. The van der Waals surface area contributed by atoms with Crippen molar-refractivity contribution in [3.63, 3.8) is 0 Å². The molecule has 0 spiro atoms. The van der Waals surface area contributed by atoms with E-state index in [0.717, 1.165) is 26.6 Å². The van der Waals surface area contributed by atoms with Gasteiger partial charge in [0.1, 0.15) is 5.82 Å². The first kappa shape index (κ1) is 14.0. The largest absolute Gasteiger partial charge is 0.377 e. The molecule has 1 unspecified atom stereocenters. The number of nitrogens with one attached hydrogen (secondary N) is 1. The van der Waals surface area contributed by atoms with Crippen LogP contribution in [-0.4, -0.2) is 4.98 Å². The lowest BCUT2D eigenvalue weighted by Crippen LogP contribution is -2.07. The van der Waals surface area contributed by atoms with Crippen molar-refractivity contribution >= 4 is 32.5 Å². The van der Waals surface area contributed by atoms with Crippen LogP contribution in [0.1, 0.15) is 18.5 Å². The average molecular weight is 345 g/mol. The number of benzene rings is 2. The number of hydrogen-bond acceptors (Lipinski definition) is 2. The molecule has 3 rings (SSSR count). The first-order chi connectivity index (χ1) is 10.1. The zero-order valence-corrected chi connectivity index (χ0v) is 13.1. The van der Waals surface area contributed by atoms with E-state index in [1.54, 1.807) is 6.07 Å². The molecule has 2 aromatic carbocycles. The summed E-state index contributed by atoms with van der Waals surface area (Å²) < 4.78 is 13.9. The van der Waals surface area contributed by atoms with Gasteiger partial charge in [0.15, 0.2) is 0 Å². The van der Waals surface area contributed by atoms with Crippen LogP contribution in [-0.2, 0) is 0 Å². The smallest absolute Gasteiger partial charge is 0.124 e. The fourth-order valence-electron chi connectivity index (χ4n) is 2.33. The summed E-state index contributed by atoms with van der Waals surface area (Å²) in [5, 5.41) is 4.49. The van der Waals surface area contributed by atoms with Gasteiger partial charge in [-0.2, -0.15) is 0 Å². The second-order valence-corrected chi connectivity index (χ2v) is 5.80. The van der Waals surface area contributed by atoms with Gasteiger partial charge in [-0.15, -0.1) is 0 Å². The fourth-order valence-corrected chi connectivity index (χ4v) is 3.02. The minimum absolute atomic E-state index is 0.0444. The molecule has 1 aromatic heterocycles. The number of fused-ring (bicyclic) bond motifs is 1. The molecule has 0 radical (unpaired) electrons. The number of rotatable bonds is 3. The van der Waals surface area contributed by atoms with Gasteiger partial charge < -0.3 is 5.32 Å². The van der Waals surface area contributed by atoms with E-state index >= 15 is 0 Å². The van der Waals surface area contributed by atoms with Crippen LogP contribution in [0.25, 0.3) is 10.9 Å². The van der Waals surface area contributed by atoms with Crippen molar-refractivity contribution in [3.8, 4) is 0 Å². The molecule has 3 aromatic rings. The van der Waals surface area contributed by atoms with Crippen molar-refractivity contribution in [2.45, 2.75) is 13.0 Å². The minimum Gasteiger partial charge on any atom is -0.377 e. The fraction of sp³-hybridized carbons (Fsp3) is 0.118. The summed E-state index contributed by atoms with van der Waals surface area (Å²) in [6, 6.07) is 14.8. The van der Waals surface area contributed by atoms with Crippen LogP contribution in [0, 0.1) is 5.82 Å². The van der Waals surface area contributed by atoms with Crippen molar-refractivity contribution in [1.29, 1.82) is 0 Å². The molecule has 0 amide bonds. The van der Waals surface area contributed by atoms with Gasteiger partial charge in [-0.05, 0) is 36.8 Å². The monoisotopic (exact) mass is 344 g/mol. The van der Waals surface area contributed by atoms with Crippen LogP contribution < -0.4 is 5.32 Å². The molecule has 1 atom stereocenters. The Balaban J connectivity index is 1.87. The molecule has 0 bridgehead atoms. The lowest BCUT2D eigenvalue weighted by molar-refractivity contribution is 0.625. The molecule has 0 saturated carbocycles. The van der Waals surface area contributed by atoms with Crippen molar-refractivity contribution in [3.05, 3.63) is 70.6 Å². The molecule has 106 valence electrons. The zero-order chi connectivity index (χ0) is 14.8. The Morgan fingerprint density at radius 2 is 1.95 bits per heavy atom. The molecule has 1 heterocycles. The molecule has 0 saturated heterocycles. The van der Waals surface area contributed by atoms with E-state index in [2.05, 4.69) is 32.3 Å². The van der Waals surface area contributed by atoms with Crippen LogP contribution >= 0.6 is 15.9 Å². The number of aromatic nitrogens is 1. The molecule has 4 heteroatoms. The molecule has 0 aliphatic heterocycles. The van der Waals surface area contributed by atoms with E-state index in [1.807, 2.05) is 37.4 Å². The van der Waals surface area contributed by atoms with Crippen LogP contribution in [0.3, 0.4) is 0 Å². The second kappa shape index (κ2) is 5.82. The van der Waals surface area contributed by atoms with Gasteiger partial charge in [0.2, 0.25) is 0 Å². The van der Waals surface area contributed by atoms with E-state index in [0.29, 0.717) is 0 Å². The minimum atomic E-state index is -0.245. The van der Waals surface area contributed by atoms with Crippen LogP contribution in [0.5, 0.6) is 0 Å². The zero-order valence-electron chi connectivity index (χ0n) is 11.5. The van der Waals surface area contributed by atoms with Crippen LogP contribution in [0.4, 0.5) is 10.1 Å². The third-order valence-electron chi connectivity index (χ3n) is 3.40. The molecule has 0 fully saturated rings. The van der Waals surface area contributed by atoms with Gasteiger partial charge in [-0.3, -0.25) is 4.98 Å². The van der Waals surface area contributed by atoms with Crippen molar-refractivity contribution < 1.29 is 4.39 Å². The van der Waals surface area contributed by atoms with E-state index in [-0.39, 0.29) is 11.9 Å². The van der Waals surface area contributed by atoms with Gasteiger partial charge in [0.25, 0.3) is 0 Å². The predicted octanol–water partition coefficient (Wildman–Crippen LogP) is 5.31. The van der Waals surface area contributed by atoms with Gasteiger partial charge in [-0.25, -0.2) is 4.39 Å². The van der Waals surface area contributed by atoms with Gasteiger partial charge in [-0.1, -0.05) is 40.2 Å². The lowest BCUT2D eigenvalue weighted by Gasteiger charge is -2.17. The maximum atomic E-state index is 13.2. The molecule has 0 aliphatic carbocycles. The first-order valence-electron chi connectivity index (χ1n) is 6.70. The standard InChI is InChI=1S/C17H14BrFN2/c1-11(15-7-6-13(19)9-16(15)18)21-14-8-12-4-2-3-5-17(12)20-10-14/h2-11,21H,1H3. The Labute approximate surface area is 131 Å². The summed E-state index contributed by atoms with van der Waals surface area (Å²) in [6.45, 7) is 2.03. The van der Waals surface area contributed by atoms with Crippen molar-refractivity contribution in [1.82, 2.24) is 4.98 Å². The van der Waals surface area contributed by atoms with Gasteiger partial charge in [0.05, 0.1) is 17.4 Å². The number of hydrogen-bond donors (Lipinski definition) is 1. The molecule has 0 aliphatic rings. The lowest BCUT2D eigenvalue weighted by atomic mass is 10.1. The van der Waals surface area contributed by atoms with Crippen molar-refractivity contribution in [2.75, 3.05) is 5.32 Å². The summed E-state index contributed by atoms with van der Waals surface area (Å²) in [4.78, 5) is 4.43. The Bertz CT molecular complexity index is 789. The summed E-state index contributed by atoms with van der Waals surface area (Å²) in [5.41, 5.74) is 2.92. The number of para-hydroxylation sites is 1. The second-order valence-electron chi connectivity index (χ2n) is 4.95. The predicted molar refractivity (Wildman–Crippen MR) is 87.9 cm³/mol. The van der Waals surface area contributed by atoms with Crippen LogP contribution in [0.15, 0.2) is 59.2 Å². The first-order valence-corrected chi connectivity index (χ1v) is 7.49. The highest BCUT2D eigenvalue weighted by Gasteiger charge is 2.10. The maximum Gasteiger partial charge on any atom is 0.124 e. The number of anilines is 1. The van der Waals surface area contributed by atoms with E-state index in [9.17, 15) is 4.39 Å². The normalized spacial score (nSPS) is 12.3. The number of halogens is 2. The third kappa shape index (κ3) is 3.05. The molecule has 2 nitrogen and oxygen atoms in total. The summed E-state index contributed by atoms with van der Waals surface area (Å²) in [7, 11) is 0.